The smallest absolute Gasteiger partial charge is 0.251 e. The van der Waals surface area contributed by atoms with E-state index in [1.54, 1.807) is 6.07 Å². The number of fused-ring (bicyclic) bond motifs is 1. The molecule has 2 atom stereocenters. The van der Waals surface area contributed by atoms with Crippen molar-refractivity contribution in [2.45, 2.75) is 58.2 Å². The summed E-state index contributed by atoms with van der Waals surface area (Å²) in [6.45, 7) is 7.60. The predicted octanol–water partition coefficient (Wildman–Crippen LogP) is 5.05. The van der Waals surface area contributed by atoms with Crippen LogP contribution in [0.3, 0.4) is 0 Å². The summed E-state index contributed by atoms with van der Waals surface area (Å²) in [6.07, 6.45) is 2.15. The van der Waals surface area contributed by atoms with E-state index in [1.165, 1.54) is 17.7 Å². The number of anilines is 2. The summed E-state index contributed by atoms with van der Waals surface area (Å²) in [7, 11) is 0. The molecule has 1 aliphatic heterocycles. The first-order valence-electron chi connectivity index (χ1n) is 14.2. The number of carbonyl (C=O) groups excluding carboxylic acids is 1. The van der Waals surface area contributed by atoms with E-state index in [-0.39, 0.29) is 18.9 Å². The van der Waals surface area contributed by atoms with Crippen LogP contribution in [-0.4, -0.2) is 49.3 Å². The highest BCUT2D eigenvalue weighted by Crippen LogP contribution is 2.30. The highest BCUT2D eigenvalue weighted by Gasteiger charge is 2.24. The van der Waals surface area contributed by atoms with Crippen LogP contribution in [0.2, 0.25) is 0 Å². The number of halogens is 2. The number of aliphatic hydroxyl groups excluding tert-OH is 1. The van der Waals surface area contributed by atoms with E-state index < -0.39 is 23.8 Å². The van der Waals surface area contributed by atoms with Gasteiger partial charge in [0.25, 0.3) is 5.91 Å². The van der Waals surface area contributed by atoms with E-state index in [2.05, 4.69) is 46.8 Å². The maximum Gasteiger partial charge on any atom is 0.251 e. The lowest BCUT2D eigenvalue weighted by Crippen LogP contribution is -2.48. The lowest BCUT2D eigenvalue weighted by molar-refractivity contribution is 0.0830. The van der Waals surface area contributed by atoms with E-state index in [0.29, 0.717) is 17.7 Å². The molecular weight excluding hydrogens is 510 g/mol. The van der Waals surface area contributed by atoms with Gasteiger partial charge in [-0.15, -0.1) is 0 Å². The Morgan fingerprint density at radius 3 is 2.55 bits per heavy atom. The predicted molar refractivity (Wildman–Crippen MR) is 157 cm³/mol. The van der Waals surface area contributed by atoms with E-state index in [1.807, 2.05) is 24.3 Å². The van der Waals surface area contributed by atoms with Crippen molar-refractivity contribution >= 4 is 17.3 Å². The topological polar surface area (TPSA) is 76.6 Å². The Bertz CT molecular complexity index is 1270. The highest BCUT2D eigenvalue weighted by molar-refractivity contribution is 5.96. The fourth-order valence-electron chi connectivity index (χ4n) is 5.10. The lowest BCUT2D eigenvalue weighted by atomic mass is 9.99. The second-order valence-corrected chi connectivity index (χ2v) is 10.4. The molecule has 0 bridgehead atoms. The highest BCUT2D eigenvalue weighted by atomic mass is 19.1. The molecule has 4 N–H and O–H groups in total. The Kier molecular flexibility index (Phi) is 10.5. The second kappa shape index (κ2) is 14.2. The minimum absolute atomic E-state index is 0.0731. The van der Waals surface area contributed by atoms with Crippen molar-refractivity contribution in [3.05, 3.63) is 94.6 Å². The summed E-state index contributed by atoms with van der Waals surface area (Å²) in [6, 6.07) is 16.2. The molecule has 0 aliphatic carbocycles. The Morgan fingerprint density at radius 1 is 1.02 bits per heavy atom. The van der Waals surface area contributed by atoms with Gasteiger partial charge in [0.2, 0.25) is 0 Å². The Balaban J connectivity index is 1.49. The van der Waals surface area contributed by atoms with Gasteiger partial charge < -0.3 is 26.0 Å². The minimum atomic E-state index is -0.995. The van der Waals surface area contributed by atoms with E-state index in [4.69, 9.17) is 0 Å². The summed E-state index contributed by atoms with van der Waals surface area (Å²) in [5.41, 5.74) is 5.12. The largest absolute Gasteiger partial charge is 0.390 e. The van der Waals surface area contributed by atoms with Crippen molar-refractivity contribution in [1.29, 1.82) is 0 Å². The Labute approximate surface area is 235 Å². The summed E-state index contributed by atoms with van der Waals surface area (Å²) >= 11 is 0. The third kappa shape index (κ3) is 8.02. The number of nitrogens with zero attached hydrogens (tertiary/aromatic N) is 1. The summed E-state index contributed by atoms with van der Waals surface area (Å²) in [5, 5.41) is 20.7. The number of rotatable bonds is 13. The normalized spacial score (nSPS) is 14.3. The van der Waals surface area contributed by atoms with Crippen molar-refractivity contribution in [1.82, 2.24) is 10.6 Å². The van der Waals surface area contributed by atoms with Crippen LogP contribution in [0, 0.1) is 11.6 Å². The number of benzene rings is 3. The van der Waals surface area contributed by atoms with Gasteiger partial charge in [0.05, 0.1) is 23.5 Å². The van der Waals surface area contributed by atoms with Crippen LogP contribution in [0.15, 0.2) is 60.7 Å². The minimum Gasteiger partial charge on any atom is -0.390 e. The summed E-state index contributed by atoms with van der Waals surface area (Å²) in [4.78, 5) is 15.7. The molecule has 1 aliphatic rings. The van der Waals surface area contributed by atoms with Crippen LogP contribution in [-0.2, 0) is 19.4 Å². The van der Waals surface area contributed by atoms with Crippen LogP contribution in [0.5, 0.6) is 0 Å². The molecule has 214 valence electrons. The zero-order valence-electron chi connectivity index (χ0n) is 23.4. The van der Waals surface area contributed by atoms with Gasteiger partial charge in [-0.3, -0.25) is 4.79 Å². The number of nitrogens with one attached hydrogen (secondary N) is 3. The van der Waals surface area contributed by atoms with Crippen molar-refractivity contribution in [2.24, 2.45) is 0 Å². The van der Waals surface area contributed by atoms with Gasteiger partial charge in [-0.2, -0.15) is 0 Å². The lowest BCUT2D eigenvalue weighted by Gasteiger charge is -2.32. The first-order valence-corrected chi connectivity index (χ1v) is 14.2. The number of hydrogen-bond acceptors (Lipinski definition) is 5. The Hall–Kier alpha value is -3.49. The number of unbranched alkanes of at least 4 members (excludes halogenated alkanes) is 1. The van der Waals surface area contributed by atoms with Crippen molar-refractivity contribution in [2.75, 3.05) is 36.4 Å². The van der Waals surface area contributed by atoms with Gasteiger partial charge in [0.15, 0.2) is 0 Å². The summed E-state index contributed by atoms with van der Waals surface area (Å²) in [5.74, 6) is -1.74. The molecule has 8 heteroatoms. The fraction of sp³-hybridized carbons (Fsp3) is 0.406. The third-order valence-electron chi connectivity index (χ3n) is 7.32. The molecule has 1 amide bonds. The Morgan fingerprint density at radius 2 is 1.80 bits per heavy atom. The average Bonchev–Trinajstić information content (AvgIpc) is 2.95. The van der Waals surface area contributed by atoms with Crippen molar-refractivity contribution in [3.8, 4) is 0 Å². The number of aliphatic hydroxyl groups is 1. The van der Waals surface area contributed by atoms with Crippen LogP contribution in [0.25, 0.3) is 0 Å². The molecule has 0 saturated heterocycles. The molecule has 40 heavy (non-hydrogen) atoms. The zero-order chi connectivity index (χ0) is 28.5. The van der Waals surface area contributed by atoms with Crippen LogP contribution >= 0.6 is 0 Å². The van der Waals surface area contributed by atoms with Gasteiger partial charge in [-0.25, -0.2) is 8.78 Å². The van der Waals surface area contributed by atoms with Crippen molar-refractivity contribution < 1.29 is 18.7 Å². The van der Waals surface area contributed by atoms with E-state index in [9.17, 15) is 18.7 Å². The molecule has 0 aromatic heterocycles. The monoisotopic (exact) mass is 550 g/mol. The van der Waals surface area contributed by atoms with Gasteiger partial charge in [0, 0.05) is 44.4 Å². The molecule has 4 rings (SSSR count). The number of hydrogen-bond donors (Lipinski definition) is 4. The first kappa shape index (κ1) is 29.5. The number of carbonyl (C=O) groups is 1. The van der Waals surface area contributed by atoms with Crippen LogP contribution < -0.4 is 20.9 Å². The molecular formula is C32H40F2N4O2. The summed E-state index contributed by atoms with van der Waals surface area (Å²) < 4.78 is 27.9. The molecule has 3 aromatic carbocycles. The van der Waals surface area contributed by atoms with E-state index in [0.717, 1.165) is 61.9 Å². The number of aryl methyl sites for hydroxylation is 1. The number of amides is 1. The maximum absolute atomic E-state index is 13.9. The molecule has 1 heterocycles. The quantitative estimate of drug-likeness (QED) is 0.240. The zero-order valence-corrected chi connectivity index (χ0v) is 23.4. The molecule has 6 nitrogen and oxygen atoms in total. The molecule has 0 fully saturated rings. The van der Waals surface area contributed by atoms with Crippen LogP contribution in [0.1, 0.15) is 53.7 Å². The molecule has 0 radical (unpaired) electrons. The second-order valence-electron chi connectivity index (χ2n) is 10.4. The van der Waals surface area contributed by atoms with E-state index >= 15 is 0 Å². The SMILES string of the molecule is CCCCN1CCNc2ccc(C(=O)N[C@@H](Cc3cc(F)cc(F)c3)[C@H](O)CNCc3cccc(CC)c3)cc21. The first-order chi connectivity index (χ1) is 19.4. The third-order valence-corrected chi connectivity index (χ3v) is 7.32. The maximum atomic E-state index is 13.9. The van der Waals surface area contributed by atoms with Crippen molar-refractivity contribution in [3.63, 3.8) is 0 Å². The van der Waals surface area contributed by atoms with Gasteiger partial charge in [-0.1, -0.05) is 44.5 Å². The molecule has 3 aromatic rings. The fourth-order valence-corrected chi connectivity index (χ4v) is 5.10. The molecule has 0 unspecified atom stereocenters. The average molecular weight is 551 g/mol. The van der Waals surface area contributed by atoms with Gasteiger partial charge in [-0.05, 0) is 66.3 Å². The van der Waals surface area contributed by atoms with Gasteiger partial charge in [0.1, 0.15) is 11.6 Å². The standard InChI is InChI=1S/C32H40F2N4O2/c1-3-5-12-38-13-11-36-28-10-9-25(18-30(28)38)32(40)37-29(17-24-15-26(33)19-27(34)16-24)31(39)21-35-20-23-8-6-7-22(4-2)14-23/h6-10,14-16,18-19,29,31,35-36,39H,3-5,11-13,17,20-21H2,1-2H3,(H,37,40)/t29-,31+/m0/s1. The molecule has 0 spiro atoms. The van der Waals surface area contributed by atoms with Gasteiger partial charge >= 0.3 is 0 Å². The van der Waals surface area contributed by atoms with Crippen LogP contribution in [0.4, 0.5) is 20.2 Å². The molecule has 0 saturated carbocycles.